The Labute approximate surface area is 196 Å². The molecule has 1 aromatic heterocycles. The SMILES string of the molecule is CC1=C(Nc2cc(C3CCNCC3)nc(-c3ccccc3C(F)(F)F)n2)c2ccccc2NC1. The normalized spacial score (nSPS) is 16.7. The summed E-state index contributed by atoms with van der Waals surface area (Å²) in [5.41, 5.74) is 4.05. The molecule has 5 nitrogen and oxygen atoms in total. The van der Waals surface area contributed by atoms with Crippen molar-refractivity contribution in [2.24, 2.45) is 0 Å². The second-order valence-electron chi connectivity index (χ2n) is 8.75. The van der Waals surface area contributed by atoms with Crippen LogP contribution in [0.15, 0.2) is 60.2 Å². The van der Waals surface area contributed by atoms with E-state index in [4.69, 9.17) is 0 Å². The fourth-order valence-electron chi connectivity index (χ4n) is 4.61. The molecule has 5 rings (SSSR count). The minimum Gasteiger partial charge on any atom is -0.381 e. The third kappa shape index (κ3) is 4.50. The highest BCUT2D eigenvalue weighted by Crippen LogP contribution is 2.38. The van der Waals surface area contributed by atoms with E-state index in [9.17, 15) is 13.2 Å². The molecule has 1 fully saturated rings. The van der Waals surface area contributed by atoms with E-state index in [0.29, 0.717) is 12.4 Å². The number of nitrogens with zero attached hydrogens (tertiary/aromatic N) is 2. The van der Waals surface area contributed by atoms with Gasteiger partial charge in [-0.1, -0.05) is 36.4 Å². The lowest BCUT2D eigenvalue weighted by Crippen LogP contribution is -2.27. The molecule has 0 atom stereocenters. The van der Waals surface area contributed by atoms with Gasteiger partial charge in [0.2, 0.25) is 0 Å². The molecule has 3 heterocycles. The Morgan fingerprint density at radius 1 is 0.941 bits per heavy atom. The topological polar surface area (TPSA) is 61.9 Å². The van der Waals surface area contributed by atoms with Gasteiger partial charge in [0.25, 0.3) is 0 Å². The molecule has 3 aromatic rings. The number of alkyl halides is 3. The summed E-state index contributed by atoms with van der Waals surface area (Å²) in [6.07, 6.45) is -2.73. The fraction of sp³-hybridized carbons (Fsp3) is 0.308. The van der Waals surface area contributed by atoms with Crippen LogP contribution in [0.1, 0.15) is 42.5 Å². The number of rotatable bonds is 4. The summed E-state index contributed by atoms with van der Waals surface area (Å²) in [6.45, 7) is 4.42. The van der Waals surface area contributed by atoms with Crippen LogP contribution in [0.2, 0.25) is 0 Å². The molecule has 34 heavy (non-hydrogen) atoms. The Balaban J connectivity index is 1.61. The van der Waals surface area contributed by atoms with Crippen molar-refractivity contribution in [1.29, 1.82) is 0 Å². The summed E-state index contributed by atoms with van der Waals surface area (Å²) in [6, 6.07) is 15.4. The van der Waals surface area contributed by atoms with Crippen molar-refractivity contribution in [3.8, 4) is 11.4 Å². The van der Waals surface area contributed by atoms with Crippen molar-refractivity contribution in [2.45, 2.75) is 31.9 Å². The minimum atomic E-state index is -4.49. The summed E-state index contributed by atoms with van der Waals surface area (Å²) in [5.74, 6) is 0.755. The van der Waals surface area contributed by atoms with Crippen molar-refractivity contribution < 1.29 is 13.2 Å². The Morgan fingerprint density at radius 2 is 1.65 bits per heavy atom. The van der Waals surface area contributed by atoms with Crippen LogP contribution in [0.5, 0.6) is 0 Å². The number of hydrogen-bond donors (Lipinski definition) is 3. The maximum Gasteiger partial charge on any atom is 0.417 e. The molecule has 2 aliphatic rings. The van der Waals surface area contributed by atoms with E-state index in [-0.39, 0.29) is 17.3 Å². The highest BCUT2D eigenvalue weighted by molar-refractivity contribution is 5.87. The molecule has 0 amide bonds. The molecule has 8 heteroatoms. The van der Waals surface area contributed by atoms with Crippen LogP contribution < -0.4 is 16.0 Å². The molecule has 0 radical (unpaired) electrons. The van der Waals surface area contributed by atoms with Crippen LogP contribution in [-0.4, -0.2) is 29.6 Å². The van der Waals surface area contributed by atoms with Crippen molar-refractivity contribution in [3.05, 3.63) is 77.0 Å². The molecular weight excluding hydrogens is 439 g/mol. The zero-order valence-electron chi connectivity index (χ0n) is 18.8. The van der Waals surface area contributed by atoms with Gasteiger partial charge in [0.15, 0.2) is 5.82 Å². The van der Waals surface area contributed by atoms with Crippen LogP contribution in [0.25, 0.3) is 17.1 Å². The third-order valence-corrected chi connectivity index (χ3v) is 6.40. The van der Waals surface area contributed by atoms with Gasteiger partial charge in [0.1, 0.15) is 5.82 Å². The van der Waals surface area contributed by atoms with Gasteiger partial charge in [-0.2, -0.15) is 13.2 Å². The number of nitrogens with one attached hydrogen (secondary N) is 3. The number of anilines is 2. The van der Waals surface area contributed by atoms with E-state index in [0.717, 1.165) is 60.2 Å². The molecule has 0 saturated carbocycles. The maximum absolute atomic E-state index is 13.8. The smallest absolute Gasteiger partial charge is 0.381 e. The number of hydrogen-bond acceptors (Lipinski definition) is 5. The van der Waals surface area contributed by atoms with E-state index in [2.05, 4.69) is 25.9 Å². The first-order chi connectivity index (χ1) is 16.4. The van der Waals surface area contributed by atoms with Crippen molar-refractivity contribution >= 4 is 17.2 Å². The van der Waals surface area contributed by atoms with E-state index in [1.54, 1.807) is 6.07 Å². The van der Waals surface area contributed by atoms with E-state index >= 15 is 0 Å². The van der Waals surface area contributed by atoms with Gasteiger partial charge >= 0.3 is 6.18 Å². The zero-order valence-corrected chi connectivity index (χ0v) is 18.8. The van der Waals surface area contributed by atoms with Crippen molar-refractivity contribution in [2.75, 3.05) is 30.3 Å². The summed E-state index contributed by atoms with van der Waals surface area (Å²) in [7, 11) is 0. The lowest BCUT2D eigenvalue weighted by Gasteiger charge is -2.26. The number of benzene rings is 2. The lowest BCUT2D eigenvalue weighted by molar-refractivity contribution is -0.137. The average molecular weight is 466 g/mol. The van der Waals surface area contributed by atoms with Crippen molar-refractivity contribution in [1.82, 2.24) is 15.3 Å². The second-order valence-corrected chi connectivity index (χ2v) is 8.75. The highest BCUT2D eigenvalue weighted by Gasteiger charge is 2.34. The first-order valence-electron chi connectivity index (χ1n) is 11.5. The Bertz CT molecular complexity index is 1230. The van der Waals surface area contributed by atoms with Gasteiger partial charge in [-0.3, -0.25) is 0 Å². The molecule has 0 unspecified atom stereocenters. The van der Waals surface area contributed by atoms with Crippen LogP contribution in [0.4, 0.5) is 24.7 Å². The maximum atomic E-state index is 13.8. The number of aromatic nitrogens is 2. The quantitative estimate of drug-likeness (QED) is 0.448. The Hall–Kier alpha value is -3.39. The number of fused-ring (bicyclic) bond motifs is 1. The molecule has 1 saturated heterocycles. The fourth-order valence-corrected chi connectivity index (χ4v) is 4.61. The second kappa shape index (κ2) is 9.10. The van der Waals surface area contributed by atoms with Crippen LogP contribution in [-0.2, 0) is 6.18 Å². The Morgan fingerprint density at radius 3 is 2.41 bits per heavy atom. The predicted octanol–water partition coefficient (Wildman–Crippen LogP) is 5.90. The molecule has 176 valence electrons. The largest absolute Gasteiger partial charge is 0.417 e. The van der Waals surface area contributed by atoms with Gasteiger partial charge in [-0.05, 0) is 50.6 Å². The standard InChI is InChI=1S/C26H26F3N5/c1-16-15-31-21-9-5-3-7-19(21)24(16)33-23-14-22(17-10-12-30-13-11-17)32-25(34-23)18-6-2-4-8-20(18)26(27,28)29/h2-9,14,17,30-31H,10-13,15H2,1H3,(H,32,33,34). The molecule has 3 N–H and O–H groups in total. The number of piperidine rings is 1. The molecule has 2 aromatic carbocycles. The van der Waals surface area contributed by atoms with Gasteiger partial charge in [-0.15, -0.1) is 0 Å². The van der Waals surface area contributed by atoms with Gasteiger partial charge in [-0.25, -0.2) is 9.97 Å². The van der Waals surface area contributed by atoms with E-state index in [1.165, 1.54) is 12.1 Å². The van der Waals surface area contributed by atoms with Crippen LogP contribution in [0, 0.1) is 0 Å². The summed E-state index contributed by atoms with van der Waals surface area (Å²) in [4.78, 5) is 9.23. The molecule has 0 aliphatic carbocycles. The molecule has 2 aliphatic heterocycles. The van der Waals surface area contributed by atoms with Gasteiger partial charge in [0, 0.05) is 46.7 Å². The van der Waals surface area contributed by atoms with E-state index < -0.39 is 11.7 Å². The number of halogens is 3. The monoisotopic (exact) mass is 465 g/mol. The Kier molecular flexibility index (Phi) is 6.00. The third-order valence-electron chi connectivity index (χ3n) is 6.40. The highest BCUT2D eigenvalue weighted by atomic mass is 19.4. The minimum absolute atomic E-state index is 0.00903. The lowest BCUT2D eigenvalue weighted by atomic mass is 9.94. The van der Waals surface area contributed by atoms with Crippen LogP contribution >= 0.6 is 0 Å². The van der Waals surface area contributed by atoms with Crippen LogP contribution in [0.3, 0.4) is 0 Å². The van der Waals surface area contributed by atoms with E-state index in [1.807, 2.05) is 37.3 Å². The molecule has 0 spiro atoms. The summed E-state index contributed by atoms with van der Waals surface area (Å²) in [5, 5.41) is 10.2. The molecular formula is C26H26F3N5. The average Bonchev–Trinajstić information content (AvgIpc) is 2.86. The zero-order chi connectivity index (χ0) is 23.7. The van der Waals surface area contributed by atoms with Gasteiger partial charge in [0.05, 0.1) is 5.56 Å². The summed E-state index contributed by atoms with van der Waals surface area (Å²) >= 11 is 0. The van der Waals surface area contributed by atoms with Gasteiger partial charge < -0.3 is 16.0 Å². The number of para-hydroxylation sites is 1. The predicted molar refractivity (Wildman–Crippen MR) is 128 cm³/mol. The first-order valence-corrected chi connectivity index (χ1v) is 11.5. The summed E-state index contributed by atoms with van der Waals surface area (Å²) < 4.78 is 41.4. The first kappa shape index (κ1) is 22.4. The van der Waals surface area contributed by atoms with Crippen molar-refractivity contribution in [3.63, 3.8) is 0 Å². The molecule has 0 bridgehead atoms.